The second kappa shape index (κ2) is 7.34. The highest BCUT2D eigenvalue weighted by atomic mass is 16.6. The molecule has 2 rings (SSSR count). The molecule has 0 bridgehead atoms. The maximum atomic E-state index is 12.5. The van der Waals surface area contributed by atoms with Crippen LogP contribution in [0.4, 0.5) is 4.79 Å². The Morgan fingerprint density at radius 2 is 2.17 bits per heavy atom. The predicted molar refractivity (Wildman–Crippen MR) is 88.1 cm³/mol. The summed E-state index contributed by atoms with van der Waals surface area (Å²) in [6.07, 6.45) is 4.57. The predicted octanol–water partition coefficient (Wildman–Crippen LogP) is 3.65. The van der Waals surface area contributed by atoms with Gasteiger partial charge in [-0.3, -0.25) is 4.90 Å². The molecule has 6 heteroatoms. The van der Waals surface area contributed by atoms with Crippen LogP contribution in [0.2, 0.25) is 0 Å². The highest BCUT2D eigenvalue weighted by Gasteiger charge is 2.35. The van der Waals surface area contributed by atoms with Gasteiger partial charge in [-0.2, -0.15) is 0 Å². The highest BCUT2D eigenvalue weighted by molar-refractivity contribution is 5.69. The van der Waals surface area contributed by atoms with E-state index in [1.807, 2.05) is 38.5 Å². The van der Waals surface area contributed by atoms with Crippen molar-refractivity contribution in [1.29, 1.82) is 0 Å². The summed E-state index contributed by atoms with van der Waals surface area (Å²) in [6.45, 7) is 11.6. The Balaban J connectivity index is 2.14. The van der Waals surface area contributed by atoms with Crippen LogP contribution in [-0.4, -0.2) is 39.3 Å². The molecule has 0 aromatic carbocycles. The number of aryl methyl sites for hydroxylation is 1. The summed E-state index contributed by atoms with van der Waals surface area (Å²) in [5, 5.41) is 0. The van der Waals surface area contributed by atoms with Gasteiger partial charge in [0.25, 0.3) is 0 Å². The molecule has 1 saturated heterocycles. The summed E-state index contributed by atoms with van der Waals surface area (Å²) in [5.41, 5.74) is 0.455. The molecule has 1 amide bonds. The smallest absolute Gasteiger partial charge is 0.410 e. The fourth-order valence-electron chi connectivity index (χ4n) is 2.82. The van der Waals surface area contributed by atoms with E-state index in [1.165, 1.54) is 0 Å². The van der Waals surface area contributed by atoms with Gasteiger partial charge in [-0.1, -0.05) is 6.92 Å². The number of amides is 1. The van der Waals surface area contributed by atoms with Crippen LogP contribution in [0.15, 0.2) is 6.20 Å². The SMILES string of the molecule is CCCOCn1cc(C)nc1[C@@H]1CCCN1C(=O)OC(C)(C)C. The zero-order valence-corrected chi connectivity index (χ0v) is 15.0. The maximum absolute atomic E-state index is 12.5. The van der Waals surface area contributed by atoms with Crippen LogP contribution in [0.3, 0.4) is 0 Å². The van der Waals surface area contributed by atoms with Crippen molar-refractivity contribution < 1.29 is 14.3 Å². The Labute approximate surface area is 138 Å². The number of imidazole rings is 1. The molecule has 0 saturated carbocycles. The molecule has 1 aliphatic rings. The first-order valence-corrected chi connectivity index (χ1v) is 8.43. The lowest BCUT2D eigenvalue weighted by atomic mass is 10.2. The second-order valence-electron chi connectivity index (χ2n) is 7.08. The van der Waals surface area contributed by atoms with Crippen molar-refractivity contribution in [2.45, 2.75) is 72.3 Å². The lowest BCUT2D eigenvalue weighted by Crippen LogP contribution is -2.37. The van der Waals surface area contributed by atoms with Crippen LogP contribution in [0, 0.1) is 6.92 Å². The Hall–Kier alpha value is -1.56. The van der Waals surface area contributed by atoms with Crippen molar-refractivity contribution in [3.8, 4) is 0 Å². The van der Waals surface area contributed by atoms with E-state index in [9.17, 15) is 4.79 Å². The lowest BCUT2D eigenvalue weighted by Gasteiger charge is -2.28. The van der Waals surface area contributed by atoms with E-state index in [1.54, 1.807) is 4.90 Å². The summed E-state index contributed by atoms with van der Waals surface area (Å²) < 4.78 is 13.2. The number of likely N-dealkylation sites (tertiary alicyclic amines) is 1. The molecule has 130 valence electrons. The Morgan fingerprint density at radius 1 is 1.43 bits per heavy atom. The molecule has 0 spiro atoms. The molecule has 1 aromatic heterocycles. The standard InChI is InChI=1S/C17H29N3O3/c1-6-10-22-12-19-11-13(2)18-15(19)14-8-7-9-20(14)16(21)23-17(3,4)5/h11,14H,6-10,12H2,1-5H3/t14-/m0/s1. The van der Waals surface area contributed by atoms with Crippen molar-refractivity contribution >= 4 is 6.09 Å². The molecule has 0 unspecified atom stereocenters. The third kappa shape index (κ3) is 4.70. The van der Waals surface area contributed by atoms with E-state index in [-0.39, 0.29) is 12.1 Å². The first kappa shape index (κ1) is 17.8. The van der Waals surface area contributed by atoms with Crippen LogP contribution in [0.5, 0.6) is 0 Å². The Kier molecular flexibility index (Phi) is 5.68. The Bertz CT molecular complexity index is 534. The van der Waals surface area contributed by atoms with Crippen molar-refractivity contribution in [3.05, 3.63) is 17.7 Å². The third-order valence-corrected chi connectivity index (χ3v) is 3.69. The quantitative estimate of drug-likeness (QED) is 0.776. The molecule has 0 radical (unpaired) electrons. The number of carbonyl (C=O) groups is 1. The molecule has 1 aromatic rings. The zero-order valence-electron chi connectivity index (χ0n) is 15.0. The van der Waals surface area contributed by atoms with Crippen molar-refractivity contribution in [1.82, 2.24) is 14.5 Å². The van der Waals surface area contributed by atoms with Crippen molar-refractivity contribution in [2.75, 3.05) is 13.2 Å². The van der Waals surface area contributed by atoms with Crippen LogP contribution in [0.1, 0.15) is 64.5 Å². The summed E-state index contributed by atoms with van der Waals surface area (Å²) in [4.78, 5) is 18.9. The molecule has 2 heterocycles. The summed E-state index contributed by atoms with van der Waals surface area (Å²) in [7, 11) is 0. The number of nitrogens with zero attached hydrogens (tertiary/aromatic N) is 3. The minimum atomic E-state index is -0.486. The Morgan fingerprint density at radius 3 is 2.83 bits per heavy atom. The average Bonchev–Trinajstić information content (AvgIpc) is 3.03. The van der Waals surface area contributed by atoms with E-state index in [4.69, 9.17) is 9.47 Å². The number of hydrogen-bond donors (Lipinski definition) is 0. The lowest BCUT2D eigenvalue weighted by molar-refractivity contribution is 0.0202. The van der Waals surface area contributed by atoms with Gasteiger partial charge in [0.15, 0.2) is 0 Å². The average molecular weight is 323 g/mol. The molecule has 6 nitrogen and oxygen atoms in total. The molecule has 0 aliphatic carbocycles. The van der Waals surface area contributed by atoms with Gasteiger partial charge in [0.2, 0.25) is 0 Å². The minimum absolute atomic E-state index is 0.0382. The van der Waals surface area contributed by atoms with Gasteiger partial charge >= 0.3 is 6.09 Å². The minimum Gasteiger partial charge on any atom is -0.444 e. The summed E-state index contributed by atoms with van der Waals surface area (Å²) in [6, 6.07) is -0.0382. The molecular formula is C17H29N3O3. The van der Waals surface area contributed by atoms with Gasteiger partial charge < -0.3 is 14.0 Å². The van der Waals surface area contributed by atoms with E-state index < -0.39 is 5.60 Å². The normalized spacial score (nSPS) is 18.5. The molecule has 23 heavy (non-hydrogen) atoms. The summed E-state index contributed by atoms with van der Waals surface area (Å²) in [5.74, 6) is 0.891. The number of rotatable bonds is 5. The van der Waals surface area contributed by atoms with E-state index in [2.05, 4.69) is 11.9 Å². The van der Waals surface area contributed by atoms with Crippen LogP contribution in [-0.2, 0) is 16.2 Å². The second-order valence-corrected chi connectivity index (χ2v) is 7.08. The molecule has 1 fully saturated rings. The number of ether oxygens (including phenoxy) is 2. The van der Waals surface area contributed by atoms with Gasteiger partial charge in [0, 0.05) is 19.3 Å². The third-order valence-electron chi connectivity index (χ3n) is 3.69. The van der Waals surface area contributed by atoms with E-state index in [0.717, 1.165) is 37.4 Å². The fourth-order valence-corrected chi connectivity index (χ4v) is 2.82. The van der Waals surface area contributed by atoms with Gasteiger partial charge in [0.1, 0.15) is 18.2 Å². The molecule has 1 atom stereocenters. The first-order valence-electron chi connectivity index (χ1n) is 8.43. The van der Waals surface area contributed by atoms with Gasteiger partial charge in [-0.05, 0) is 47.0 Å². The molecule has 0 N–H and O–H groups in total. The molecule has 1 aliphatic heterocycles. The van der Waals surface area contributed by atoms with Crippen molar-refractivity contribution in [2.24, 2.45) is 0 Å². The monoisotopic (exact) mass is 323 g/mol. The largest absolute Gasteiger partial charge is 0.444 e. The topological polar surface area (TPSA) is 56.6 Å². The maximum Gasteiger partial charge on any atom is 0.410 e. The van der Waals surface area contributed by atoms with E-state index in [0.29, 0.717) is 13.3 Å². The number of aromatic nitrogens is 2. The number of carbonyl (C=O) groups excluding carboxylic acids is 1. The van der Waals surface area contributed by atoms with Gasteiger partial charge in [-0.15, -0.1) is 0 Å². The van der Waals surface area contributed by atoms with Crippen LogP contribution >= 0.6 is 0 Å². The van der Waals surface area contributed by atoms with Crippen LogP contribution < -0.4 is 0 Å². The highest BCUT2D eigenvalue weighted by Crippen LogP contribution is 2.32. The van der Waals surface area contributed by atoms with E-state index >= 15 is 0 Å². The van der Waals surface area contributed by atoms with Crippen molar-refractivity contribution in [3.63, 3.8) is 0 Å². The van der Waals surface area contributed by atoms with Gasteiger partial charge in [-0.25, -0.2) is 9.78 Å². The van der Waals surface area contributed by atoms with Crippen LogP contribution in [0.25, 0.3) is 0 Å². The summed E-state index contributed by atoms with van der Waals surface area (Å²) >= 11 is 0. The molecular weight excluding hydrogens is 294 g/mol. The number of hydrogen-bond acceptors (Lipinski definition) is 4. The fraction of sp³-hybridized carbons (Fsp3) is 0.765. The van der Waals surface area contributed by atoms with Gasteiger partial charge in [0.05, 0.1) is 11.7 Å². The zero-order chi connectivity index (χ0) is 17.0. The first-order chi connectivity index (χ1) is 10.8.